The molecular formula is C32H36N4O4S3. The number of ether oxygens (including phenoxy) is 2. The van der Waals surface area contributed by atoms with Crippen molar-refractivity contribution in [3.05, 3.63) is 102 Å². The summed E-state index contributed by atoms with van der Waals surface area (Å²) in [6, 6.07) is 18.3. The molecule has 0 aliphatic rings. The molecule has 0 fully saturated rings. The monoisotopic (exact) mass is 636 g/mol. The standard InChI is InChI=1S/C32H36N4O4S3/c1-22(40-32(2,3)4)24-14-12-23(13-15-24)19-39-20-28(36(42-6)30(38)26-16-17-35(18-26)41-5)29(37)34-31-33-27(21-43-31)25-10-8-7-9-11-25/h7-18,21,28H,1,19-20H2,2-6H3,(H,33,34,37). The Morgan fingerprint density at radius 2 is 1.79 bits per heavy atom. The number of hydrogen-bond acceptors (Lipinski definition) is 8. The van der Waals surface area contributed by atoms with Crippen LogP contribution in [0.3, 0.4) is 0 Å². The fraction of sp³-hybridized carbons (Fsp3) is 0.281. The van der Waals surface area contributed by atoms with Crippen molar-refractivity contribution in [2.45, 2.75) is 39.0 Å². The predicted octanol–water partition coefficient (Wildman–Crippen LogP) is 7.47. The maximum atomic E-state index is 13.7. The quantitative estimate of drug-likeness (QED) is 0.120. The summed E-state index contributed by atoms with van der Waals surface area (Å²) in [5.41, 5.74) is 3.66. The molecule has 1 N–H and O–H groups in total. The van der Waals surface area contributed by atoms with Gasteiger partial charge in [-0.25, -0.2) is 4.98 Å². The van der Waals surface area contributed by atoms with Crippen LogP contribution in [0.5, 0.6) is 0 Å². The maximum absolute atomic E-state index is 13.7. The Labute approximate surface area is 265 Å². The molecule has 43 heavy (non-hydrogen) atoms. The highest BCUT2D eigenvalue weighted by Crippen LogP contribution is 2.26. The van der Waals surface area contributed by atoms with Crippen LogP contribution in [0.2, 0.25) is 0 Å². The lowest BCUT2D eigenvalue weighted by Crippen LogP contribution is -2.46. The highest BCUT2D eigenvalue weighted by atomic mass is 32.2. The second-order valence-electron chi connectivity index (χ2n) is 10.5. The number of carbonyl (C=O) groups is 2. The van der Waals surface area contributed by atoms with Gasteiger partial charge in [-0.05, 0) is 56.3 Å². The van der Waals surface area contributed by atoms with Crippen molar-refractivity contribution < 1.29 is 19.1 Å². The van der Waals surface area contributed by atoms with Crippen molar-refractivity contribution in [1.29, 1.82) is 0 Å². The van der Waals surface area contributed by atoms with Crippen molar-refractivity contribution >= 4 is 57.9 Å². The van der Waals surface area contributed by atoms with Crippen molar-refractivity contribution in [1.82, 2.24) is 13.3 Å². The zero-order valence-corrected chi connectivity index (χ0v) is 27.4. The van der Waals surface area contributed by atoms with E-state index in [0.29, 0.717) is 16.5 Å². The van der Waals surface area contributed by atoms with E-state index in [1.165, 1.54) is 39.5 Å². The van der Waals surface area contributed by atoms with Gasteiger partial charge in [-0.3, -0.25) is 17.9 Å². The van der Waals surface area contributed by atoms with Crippen LogP contribution in [0.25, 0.3) is 17.0 Å². The number of nitrogens with zero attached hydrogens (tertiary/aromatic N) is 3. The first-order valence-electron chi connectivity index (χ1n) is 13.5. The van der Waals surface area contributed by atoms with Gasteiger partial charge in [0.15, 0.2) is 5.13 Å². The molecule has 0 bridgehead atoms. The Bertz CT molecular complexity index is 1530. The van der Waals surface area contributed by atoms with Gasteiger partial charge < -0.3 is 14.8 Å². The minimum absolute atomic E-state index is 0.0137. The van der Waals surface area contributed by atoms with Gasteiger partial charge in [0.25, 0.3) is 11.8 Å². The summed E-state index contributed by atoms with van der Waals surface area (Å²) >= 11 is 3.99. The van der Waals surface area contributed by atoms with Crippen LogP contribution in [0.4, 0.5) is 5.13 Å². The molecule has 2 heterocycles. The summed E-state index contributed by atoms with van der Waals surface area (Å²) < 4.78 is 15.2. The van der Waals surface area contributed by atoms with Gasteiger partial charge in [0.1, 0.15) is 17.4 Å². The topological polar surface area (TPSA) is 85.7 Å². The van der Waals surface area contributed by atoms with Gasteiger partial charge in [-0.2, -0.15) is 0 Å². The van der Waals surface area contributed by atoms with Gasteiger partial charge >= 0.3 is 0 Å². The average Bonchev–Trinajstić information content (AvgIpc) is 3.66. The van der Waals surface area contributed by atoms with E-state index in [1.54, 1.807) is 18.5 Å². The lowest BCUT2D eigenvalue weighted by atomic mass is 10.1. The smallest absolute Gasteiger partial charge is 0.266 e. The number of nitrogens with one attached hydrogen (secondary N) is 1. The minimum Gasteiger partial charge on any atom is -0.488 e. The molecule has 0 aliphatic carbocycles. The number of rotatable bonds is 13. The molecule has 2 amide bonds. The molecule has 8 nitrogen and oxygen atoms in total. The molecular weight excluding hydrogens is 601 g/mol. The Morgan fingerprint density at radius 1 is 1.07 bits per heavy atom. The van der Waals surface area contributed by atoms with Gasteiger partial charge in [0.05, 0.1) is 24.5 Å². The molecule has 0 saturated carbocycles. The number of amides is 2. The fourth-order valence-electron chi connectivity index (χ4n) is 4.11. The van der Waals surface area contributed by atoms with Crippen molar-refractivity contribution in [2.75, 3.05) is 24.4 Å². The fourth-order valence-corrected chi connectivity index (χ4v) is 5.92. The van der Waals surface area contributed by atoms with Gasteiger partial charge in [-0.1, -0.05) is 61.2 Å². The third-order valence-electron chi connectivity index (χ3n) is 6.16. The molecule has 0 spiro atoms. The van der Waals surface area contributed by atoms with Crippen LogP contribution in [-0.2, 0) is 20.9 Å². The zero-order chi connectivity index (χ0) is 31.0. The molecule has 0 aliphatic heterocycles. The second-order valence-corrected chi connectivity index (χ2v) is 12.9. The first kappa shape index (κ1) is 32.4. The number of benzene rings is 2. The minimum atomic E-state index is -0.913. The second kappa shape index (κ2) is 14.8. The number of anilines is 1. The van der Waals surface area contributed by atoms with E-state index in [9.17, 15) is 9.59 Å². The van der Waals surface area contributed by atoms with Crippen molar-refractivity contribution in [3.63, 3.8) is 0 Å². The van der Waals surface area contributed by atoms with E-state index in [0.717, 1.165) is 22.4 Å². The van der Waals surface area contributed by atoms with Crippen LogP contribution < -0.4 is 5.32 Å². The van der Waals surface area contributed by atoms with E-state index in [-0.39, 0.29) is 30.6 Å². The summed E-state index contributed by atoms with van der Waals surface area (Å²) in [5.74, 6) is -0.0689. The highest BCUT2D eigenvalue weighted by Gasteiger charge is 2.32. The van der Waals surface area contributed by atoms with Crippen molar-refractivity contribution in [3.8, 4) is 11.3 Å². The van der Waals surface area contributed by atoms with Crippen LogP contribution >= 0.6 is 35.2 Å². The molecule has 2 aromatic carbocycles. The third kappa shape index (κ3) is 8.99. The Balaban J connectivity index is 1.48. The van der Waals surface area contributed by atoms with Crippen LogP contribution in [0, 0.1) is 0 Å². The molecule has 0 saturated heterocycles. The molecule has 4 aromatic rings. The van der Waals surface area contributed by atoms with E-state index in [2.05, 4.69) is 16.9 Å². The van der Waals surface area contributed by atoms with E-state index in [4.69, 9.17) is 9.47 Å². The summed E-state index contributed by atoms with van der Waals surface area (Å²) in [7, 11) is 0. The first-order valence-corrected chi connectivity index (χ1v) is 16.8. The average molecular weight is 637 g/mol. The number of hydrogen-bond donors (Lipinski definition) is 1. The molecule has 4 rings (SSSR count). The maximum Gasteiger partial charge on any atom is 0.266 e. The molecule has 0 radical (unpaired) electrons. The van der Waals surface area contributed by atoms with Gasteiger partial charge in [-0.15, -0.1) is 11.3 Å². The largest absolute Gasteiger partial charge is 0.488 e. The molecule has 1 unspecified atom stereocenters. The lowest BCUT2D eigenvalue weighted by molar-refractivity contribution is -0.121. The van der Waals surface area contributed by atoms with E-state index in [1.807, 2.05) is 97.2 Å². The van der Waals surface area contributed by atoms with E-state index < -0.39 is 6.04 Å². The SMILES string of the molecule is C=C(OC(C)(C)C)c1ccc(COCC(C(=O)Nc2nc(-c3ccccc3)cs2)N(SC)C(=O)c2ccn(SC)c2)cc1. The number of aromatic nitrogens is 2. The number of carbonyl (C=O) groups excluding carboxylic acids is 2. The Morgan fingerprint density at radius 3 is 2.42 bits per heavy atom. The predicted molar refractivity (Wildman–Crippen MR) is 179 cm³/mol. The summed E-state index contributed by atoms with van der Waals surface area (Å²) in [4.78, 5) is 31.8. The normalized spacial score (nSPS) is 12.0. The highest BCUT2D eigenvalue weighted by molar-refractivity contribution is 7.97. The lowest BCUT2D eigenvalue weighted by Gasteiger charge is -2.28. The van der Waals surface area contributed by atoms with Crippen LogP contribution in [-0.4, -0.2) is 55.8 Å². The Kier molecular flexibility index (Phi) is 11.1. The summed E-state index contributed by atoms with van der Waals surface area (Å²) in [5, 5.41) is 5.25. The summed E-state index contributed by atoms with van der Waals surface area (Å²) in [6.45, 7) is 10.2. The molecule has 1 atom stereocenters. The van der Waals surface area contributed by atoms with Gasteiger partial charge in [0, 0.05) is 41.4 Å². The van der Waals surface area contributed by atoms with Crippen molar-refractivity contribution in [2.24, 2.45) is 0 Å². The third-order valence-corrected chi connectivity index (χ3v) is 8.38. The van der Waals surface area contributed by atoms with Gasteiger partial charge in [0.2, 0.25) is 0 Å². The molecule has 2 aromatic heterocycles. The molecule has 226 valence electrons. The van der Waals surface area contributed by atoms with Crippen LogP contribution in [0.15, 0.2) is 85.0 Å². The van der Waals surface area contributed by atoms with E-state index >= 15 is 0 Å². The van der Waals surface area contributed by atoms with Crippen LogP contribution in [0.1, 0.15) is 42.3 Å². The number of thiazole rings is 1. The summed E-state index contributed by atoms with van der Waals surface area (Å²) in [6.07, 6.45) is 7.25. The first-order chi connectivity index (χ1) is 20.6. The molecule has 11 heteroatoms. The zero-order valence-electron chi connectivity index (χ0n) is 24.9. The Hall–Kier alpha value is -3.51.